The predicted octanol–water partition coefficient (Wildman–Crippen LogP) is 2.75. The van der Waals surface area contributed by atoms with Gasteiger partial charge in [0.25, 0.3) is 0 Å². The lowest BCUT2D eigenvalue weighted by Gasteiger charge is -1.86. The van der Waals surface area contributed by atoms with Crippen molar-refractivity contribution in [3.8, 4) is 0 Å². The first kappa shape index (κ1) is 8.76. The summed E-state index contributed by atoms with van der Waals surface area (Å²) in [4.78, 5) is 0. The Kier molecular flexibility index (Phi) is 4.05. The smallest absolute Gasteiger partial charge is 0.114 e. The van der Waals surface area contributed by atoms with E-state index < -0.39 is 0 Å². The highest BCUT2D eigenvalue weighted by molar-refractivity contribution is 5.23. The van der Waals surface area contributed by atoms with Crippen LogP contribution < -0.4 is 0 Å². The van der Waals surface area contributed by atoms with Crippen LogP contribution in [0.15, 0.2) is 48.8 Å². The molecule has 0 amide bonds. The monoisotopic (exact) mass is 136 g/mol. The van der Waals surface area contributed by atoms with Crippen molar-refractivity contribution in [1.82, 2.24) is 0 Å². The fourth-order valence-corrected chi connectivity index (χ4v) is 0.353. The maximum atomic E-state index is 8.87. The van der Waals surface area contributed by atoms with Crippen molar-refractivity contribution in [2.24, 2.45) is 0 Å². The second kappa shape index (κ2) is 4.62. The van der Waals surface area contributed by atoms with Gasteiger partial charge in [0, 0.05) is 0 Å². The van der Waals surface area contributed by atoms with Crippen molar-refractivity contribution >= 4 is 0 Å². The molecule has 0 unspecified atom stereocenters. The zero-order valence-electron chi connectivity index (χ0n) is 6.17. The van der Waals surface area contributed by atoms with Crippen molar-refractivity contribution < 1.29 is 5.11 Å². The van der Waals surface area contributed by atoms with E-state index in [1.54, 1.807) is 18.2 Å². The molecule has 10 heavy (non-hydrogen) atoms. The lowest BCUT2D eigenvalue weighted by Crippen LogP contribution is -1.70. The number of hydrogen-bond acceptors (Lipinski definition) is 1. The lowest BCUT2D eigenvalue weighted by atomic mass is 10.2. The van der Waals surface area contributed by atoms with Gasteiger partial charge in [-0.25, -0.2) is 0 Å². The fourth-order valence-electron chi connectivity index (χ4n) is 0.353. The number of aliphatic hydroxyl groups is 1. The van der Waals surface area contributed by atoms with Gasteiger partial charge < -0.3 is 5.11 Å². The van der Waals surface area contributed by atoms with Crippen LogP contribution in [0.1, 0.15) is 6.92 Å². The van der Waals surface area contributed by atoms with Crippen LogP contribution in [0.4, 0.5) is 0 Å². The third-order valence-corrected chi connectivity index (χ3v) is 1.05. The first-order valence-electron chi connectivity index (χ1n) is 3.03. The van der Waals surface area contributed by atoms with E-state index in [4.69, 9.17) is 5.11 Å². The Labute approximate surface area is 61.7 Å². The number of hydrogen-bond donors (Lipinski definition) is 1. The Morgan fingerprint density at radius 3 is 2.20 bits per heavy atom. The molecule has 1 nitrogen and oxygen atoms in total. The normalized spacial score (nSPS) is 12.9. The average Bonchev–Trinajstić information content (AvgIpc) is 1.99. The molecule has 0 spiro atoms. The van der Waals surface area contributed by atoms with E-state index in [1.807, 2.05) is 6.92 Å². The molecule has 1 N–H and O–H groups in total. The van der Waals surface area contributed by atoms with Gasteiger partial charge in [-0.15, -0.1) is 0 Å². The zero-order valence-corrected chi connectivity index (χ0v) is 6.17. The van der Waals surface area contributed by atoms with Gasteiger partial charge >= 0.3 is 0 Å². The average molecular weight is 136 g/mol. The van der Waals surface area contributed by atoms with Gasteiger partial charge in [-0.2, -0.15) is 0 Å². The molecule has 0 bridgehead atoms. The third-order valence-electron chi connectivity index (χ3n) is 1.05. The topological polar surface area (TPSA) is 20.2 Å². The van der Waals surface area contributed by atoms with E-state index in [1.165, 1.54) is 6.08 Å². The molecular weight excluding hydrogens is 124 g/mol. The summed E-state index contributed by atoms with van der Waals surface area (Å²) in [5.74, 6) is 0.168. The van der Waals surface area contributed by atoms with E-state index in [-0.39, 0.29) is 5.76 Å². The minimum absolute atomic E-state index is 0.168. The summed E-state index contributed by atoms with van der Waals surface area (Å²) < 4.78 is 0. The van der Waals surface area contributed by atoms with E-state index in [9.17, 15) is 0 Å². The van der Waals surface area contributed by atoms with Gasteiger partial charge in [0.05, 0.1) is 0 Å². The summed E-state index contributed by atoms with van der Waals surface area (Å²) in [6.07, 6.45) is 6.44. The summed E-state index contributed by atoms with van der Waals surface area (Å²) >= 11 is 0. The van der Waals surface area contributed by atoms with Crippen LogP contribution >= 0.6 is 0 Å². The van der Waals surface area contributed by atoms with Crippen LogP contribution in [0.5, 0.6) is 0 Å². The van der Waals surface area contributed by atoms with Gasteiger partial charge in [-0.1, -0.05) is 30.9 Å². The van der Waals surface area contributed by atoms with Crippen molar-refractivity contribution in [3.05, 3.63) is 48.8 Å². The van der Waals surface area contributed by atoms with Gasteiger partial charge in [0.15, 0.2) is 0 Å². The van der Waals surface area contributed by atoms with Crippen molar-refractivity contribution in [3.63, 3.8) is 0 Å². The van der Waals surface area contributed by atoms with Crippen LogP contribution in [0, 0.1) is 0 Å². The van der Waals surface area contributed by atoms with Crippen LogP contribution in [0.3, 0.4) is 0 Å². The van der Waals surface area contributed by atoms with E-state index >= 15 is 0 Å². The van der Waals surface area contributed by atoms with Crippen LogP contribution in [0.2, 0.25) is 0 Å². The third kappa shape index (κ3) is 3.72. The molecule has 0 radical (unpaired) electrons. The molecule has 0 fully saturated rings. The molecule has 0 saturated carbocycles. The predicted molar refractivity (Wildman–Crippen MR) is 44.9 cm³/mol. The Bertz CT molecular complexity index is 163. The lowest BCUT2D eigenvalue weighted by molar-refractivity contribution is 0.433. The molecule has 0 aromatic heterocycles. The first-order chi connectivity index (χ1) is 4.70. The molecule has 0 saturated heterocycles. The number of rotatable bonds is 3. The minimum atomic E-state index is 0.168. The van der Waals surface area contributed by atoms with E-state index in [2.05, 4.69) is 13.2 Å². The van der Waals surface area contributed by atoms with Crippen LogP contribution in [0.25, 0.3) is 0 Å². The Morgan fingerprint density at radius 2 is 1.80 bits per heavy atom. The highest BCUT2D eigenvalue weighted by atomic mass is 16.3. The molecular formula is C9H12O. The number of allylic oxidation sites excluding steroid dienone is 5. The molecule has 1 heteroatoms. The maximum absolute atomic E-state index is 8.87. The van der Waals surface area contributed by atoms with Gasteiger partial charge in [-0.3, -0.25) is 0 Å². The molecule has 0 atom stereocenters. The molecule has 0 rings (SSSR count). The summed E-state index contributed by atoms with van der Waals surface area (Å²) in [6.45, 7) is 8.85. The SMILES string of the molecule is C=C/C(C)=C\C=C(\O)C=C. The van der Waals surface area contributed by atoms with Gasteiger partial charge in [0.1, 0.15) is 5.76 Å². The Morgan fingerprint density at radius 1 is 1.20 bits per heavy atom. The van der Waals surface area contributed by atoms with Crippen LogP contribution in [-0.4, -0.2) is 5.11 Å². The van der Waals surface area contributed by atoms with Crippen molar-refractivity contribution in [2.75, 3.05) is 0 Å². The van der Waals surface area contributed by atoms with E-state index in [0.717, 1.165) is 5.57 Å². The van der Waals surface area contributed by atoms with Crippen molar-refractivity contribution in [2.45, 2.75) is 6.92 Å². The quantitative estimate of drug-likeness (QED) is 0.467. The molecule has 0 aliphatic rings. The molecule has 0 aliphatic carbocycles. The molecule has 0 aromatic rings. The molecule has 0 heterocycles. The molecule has 0 aliphatic heterocycles. The zero-order chi connectivity index (χ0) is 7.98. The van der Waals surface area contributed by atoms with Gasteiger partial charge in [0.2, 0.25) is 0 Å². The number of aliphatic hydroxyl groups excluding tert-OH is 1. The van der Waals surface area contributed by atoms with Crippen LogP contribution in [-0.2, 0) is 0 Å². The highest BCUT2D eigenvalue weighted by Gasteiger charge is 1.79. The fraction of sp³-hybridized carbons (Fsp3) is 0.111. The first-order valence-corrected chi connectivity index (χ1v) is 3.03. The highest BCUT2D eigenvalue weighted by Crippen LogP contribution is 1.96. The Balaban J connectivity index is 4.16. The summed E-state index contributed by atoms with van der Waals surface area (Å²) in [5, 5.41) is 8.87. The largest absolute Gasteiger partial charge is 0.508 e. The standard InChI is InChI=1S/C9H12O/c1-4-8(3)6-7-9(10)5-2/h4-7,10H,1-2H2,3H3/b8-6-,9-7+. The second-order valence-corrected chi connectivity index (χ2v) is 1.91. The molecule has 0 aromatic carbocycles. The van der Waals surface area contributed by atoms with E-state index in [0.29, 0.717) is 0 Å². The second-order valence-electron chi connectivity index (χ2n) is 1.91. The summed E-state index contributed by atoms with van der Waals surface area (Å²) in [6, 6.07) is 0. The summed E-state index contributed by atoms with van der Waals surface area (Å²) in [5.41, 5.74) is 1.01. The molecule has 54 valence electrons. The van der Waals surface area contributed by atoms with Crippen molar-refractivity contribution in [1.29, 1.82) is 0 Å². The Hall–Kier alpha value is -1.24. The minimum Gasteiger partial charge on any atom is -0.508 e. The summed E-state index contributed by atoms with van der Waals surface area (Å²) in [7, 11) is 0. The van der Waals surface area contributed by atoms with Gasteiger partial charge in [-0.05, 0) is 19.1 Å². The maximum Gasteiger partial charge on any atom is 0.114 e.